The van der Waals surface area contributed by atoms with Gasteiger partial charge in [0.1, 0.15) is 5.69 Å². The maximum Gasteiger partial charge on any atom is 0.339 e. The Bertz CT molecular complexity index is 708. The molecule has 2 aromatic rings. The molecule has 0 bridgehead atoms. The van der Waals surface area contributed by atoms with Gasteiger partial charge in [0.25, 0.3) is 0 Å². The van der Waals surface area contributed by atoms with Crippen molar-refractivity contribution in [2.24, 2.45) is 7.05 Å². The zero-order chi connectivity index (χ0) is 15.6. The van der Waals surface area contributed by atoms with Crippen molar-refractivity contribution in [3.8, 4) is 0 Å². The number of nitro groups is 1. The maximum atomic E-state index is 11.7. The molecule has 0 radical (unpaired) electrons. The molecular formula is C13H14N4O4. The van der Waals surface area contributed by atoms with Crippen LogP contribution in [0.2, 0.25) is 0 Å². The van der Waals surface area contributed by atoms with E-state index in [2.05, 4.69) is 10.4 Å². The first kappa shape index (κ1) is 14.5. The molecule has 0 amide bonds. The fraction of sp³-hybridized carbons (Fsp3) is 0.231. The van der Waals surface area contributed by atoms with Gasteiger partial charge < -0.3 is 10.1 Å². The van der Waals surface area contributed by atoms with Gasteiger partial charge in [0.2, 0.25) is 5.82 Å². The molecule has 0 fully saturated rings. The van der Waals surface area contributed by atoms with Crippen molar-refractivity contribution in [2.45, 2.75) is 6.92 Å². The van der Waals surface area contributed by atoms with Gasteiger partial charge >= 0.3 is 11.7 Å². The molecule has 21 heavy (non-hydrogen) atoms. The Hall–Kier alpha value is -2.90. The van der Waals surface area contributed by atoms with Gasteiger partial charge in [-0.1, -0.05) is 12.1 Å². The lowest BCUT2D eigenvalue weighted by molar-refractivity contribution is -0.384. The van der Waals surface area contributed by atoms with Crippen LogP contribution in [0.5, 0.6) is 0 Å². The number of para-hydroxylation sites is 1. The summed E-state index contributed by atoms with van der Waals surface area (Å²) in [4.78, 5) is 22.3. The third kappa shape index (κ3) is 2.69. The van der Waals surface area contributed by atoms with Crippen molar-refractivity contribution >= 4 is 23.2 Å². The Kier molecular flexibility index (Phi) is 3.88. The topological polar surface area (TPSA) is 99.3 Å². The van der Waals surface area contributed by atoms with E-state index in [1.165, 1.54) is 11.8 Å². The summed E-state index contributed by atoms with van der Waals surface area (Å²) >= 11 is 0. The number of benzene rings is 1. The Morgan fingerprint density at radius 1 is 1.43 bits per heavy atom. The van der Waals surface area contributed by atoms with E-state index in [4.69, 9.17) is 4.74 Å². The van der Waals surface area contributed by atoms with Gasteiger partial charge in [-0.05, 0) is 19.1 Å². The molecule has 8 heteroatoms. The summed E-state index contributed by atoms with van der Waals surface area (Å²) in [5.41, 5.74) is 0.862. The molecule has 0 aliphatic carbocycles. The zero-order valence-electron chi connectivity index (χ0n) is 11.8. The van der Waals surface area contributed by atoms with E-state index >= 15 is 0 Å². The normalized spacial score (nSPS) is 10.2. The Labute approximate surface area is 120 Å². The third-order valence-corrected chi connectivity index (χ3v) is 2.96. The highest BCUT2D eigenvalue weighted by atomic mass is 16.6. The summed E-state index contributed by atoms with van der Waals surface area (Å²) in [5.74, 6) is -0.325. The highest BCUT2D eigenvalue weighted by Crippen LogP contribution is 2.31. The van der Waals surface area contributed by atoms with Gasteiger partial charge in [0, 0.05) is 7.05 Å². The summed E-state index contributed by atoms with van der Waals surface area (Å²) in [5, 5.41) is 18.0. The molecule has 0 saturated carbocycles. The average Bonchev–Trinajstić information content (AvgIpc) is 2.73. The second-order valence-corrected chi connectivity index (χ2v) is 4.33. The van der Waals surface area contributed by atoms with Crippen LogP contribution in [-0.4, -0.2) is 27.8 Å². The van der Waals surface area contributed by atoms with E-state index in [0.717, 1.165) is 0 Å². The first-order chi connectivity index (χ1) is 9.95. The molecule has 0 saturated heterocycles. The van der Waals surface area contributed by atoms with Crippen LogP contribution < -0.4 is 5.32 Å². The summed E-state index contributed by atoms with van der Waals surface area (Å²) in [6, 6.07) is 6.60. The van der Waals surface area contributed by atoms with Gasteiger partial charge in [-0.3, -0.25) is 10.1 Å². The van der Waals surface area contributed by atoms with Crippen molar-refractivity contribution in [3.05, 3.63) is 45.6 Å². The maximum absolute atomic E-state index is 11.7. The molecule has 1 heterocycles. The number of hydrogen-bond acceptors (Lipinski definition) is 6. The number of carbonyl (C=O) groups excluding carboxylic acids is 1. The van der Waals surface area contributed by atoms with Gasteiger partial charge in [0.15, 0.2) is 0 Å². The van der Waals surface area contributed by atoms with Crippen LogP contribution >= 0.6 is 0 Å². The molecular weight excluding hydrogens is 276 g/mol. The number of nitrogens with zero attached hydrogens (tertiary/aromatic N) is 3. The standard InChI is InChI=1S/C13H14N4O4/c1-8-11(17(19)20)12(16(2)15-8)14-10-7-5-4-6-9(10)13(18)21-3/h4-7,14H,1-3H3. The minimum Gasteiger partial charge on any atom is -0.465 e. The molecule has 1 aromatic heterocycles. The van der Waals surface area contributed by atoms with E-state index < -0.39 is 10.9 Å². The predicted octanol–water partition coefficient (Wildman–Crippen LogP) is 2.17. The van der Waals surface area contributed by atoms with Gasteiger partial charge in [-0.25, -0.2) is 9.48 Å². The van der Waals surface area contributed by atoms with E-state index in [0.29, 0.717) is 11.4 Å². The fourth-order valence-electron chi connectivity index (χ4n) is 2.01. The number of esters is 1. The highest BCUT2D eigenvalue weighted by Gasteiger charge is 2.25. The van der Waals surface area contributed by atoms with E-state index in [-0.39, 0.29) is 17.1 Å². The minimum absolute atomic E-state index is 0.128. The summed E-state index contributed by atoms with van der Waals surface area (Å²) in [6.45, 7) is 1.55. The molecule has 2 rings (SSSR count). The van der Waals surface area contributed by atoms with E-state index in [9.17, 15) is 14.9 Å². The first-order valence-electron chi connectivity index (χ1n) is 6.08. The van der Waals surface area contributed by atoms with E-state index in [1.807, 2.05) is 0 Å². The predicted molar refractivity (Wildman–Crippen MR) is 75.7 cm³/mol. The smallest absolute Gasteiger partial charge is 0.339 e. The third-order valence-electron chi connectivity index (χ3n) is 2.96. The number of anilines is 2. The van der Waals surface area contributed by atoms with Crippen LogP contribution in [0.15, 0.2) is 24.3 Å². The second kappa shape index (κ2) is 5.61. The number of hydrogen-bond donors (Lipinski definition) is 1. The molecule has 8 nitrogen and oxygen atoms in total. The molecule has 0 aliphatic heterocycles. The number of aryl methyl sites for hydroxylation is 2. The molecule has 0 unspecified atom stereocenters. The first-order valence-corrected chi connectivity index (χ1v) is 6.08. The van der Waals surface area contributed by atoms with Crippen LogP contribution in [-0.2, 0) is 11.8 Å². The quantitative estimate of drug-likeness (QED) is 0.526. The SMILES string of the molecule is COC(=O)c1ccccc1Nc1c([N+](=O)[O-])c(C)nn1C. The fourth-order valence-corrected chi connectivity index (χ4v) is 2.01. The number of rotatable bonds is 4. The highest BCUT2D eigenvalue weighted by molar-refractivity contribution is 5.96. The van der Waals surface area contributed by atoms with Gasteiger partial charge in [-0.15, -0.1) is 0 Å². The van der Waals surface area contributed by atoms with Crippen LogP contribution in [0.25, 0.3) is 0 Å². The lowest BCUT2D eigenvalue weighted by atomic mass is 10.2. The van der Waals surface area contributed by atoms with Crippen LogP contribution in [0.3, 0.4) is 0 Å². The Morgan fingerprint density at radius 2 is 2.10 bits per heavy atom. The van der Waals surface area contributed by atoms with Crippen LogP contribution in [0.4, 0.5) is 17.2 Å². The van der Waals surface area contributed by atoms with Crippen LogP contribution in [0.1, 0.15) is 16.1 Å². The summed E-state index contributed by atoms with van der Waals surface area (Å²) in [6.07, 6.45) is 0. The number of carbonyl (C=O) groups is 1. The van der Waals surface area contributed by atoms with Crippen LogP contribution in [0, 0.1) is 17.0 Å². The average molecular weight is 290 g/mol. The molecule has 110 valence electrons. The number of ether oxygens (including phenoxy) is 1. The number of nitrogens with one attached hydrogen (secondary N) is 1. The van der Waals surface area contributed by atoms with Gasteiger partial charge in [0.05, 0.1) is 23.3 Å². The lowest BCUT2D eigenvalue weighted by Gasteiger charge is -2.10. The molecule has 0 aliphatic rings. The molecule has 0 spiro atoms. The molecule has 1 N–H and O–H groups in total. The van der Waals surface area contributed by atoms with Crippen molar-refractivity contribution < 1.29 is 14.5 Å². The van der Waals surface area contributed by atoms with E-state index in [1.54, 1.807) is 38.2 Å². The van der Waals surface area contributed by atoms with Crippen molar-refractivity contribution in [1.29, 1.82) is 0 Å². The number of aromatic nitrogens is 2. The molecule has 0 atom stereocenters. The Balaban J connectivity index is 2.49. The van der Waals surface area contributed by atoms with Gasteiger partial charge in [-0.2, -0.15) is 5.10 Å². The van der Waals surface area contributed by atoms with Crippen molar-refractivity contribution in [2.75, 3.05) is 12.4 Å². The Morgan fingerprint density at radius 3 is 2.71 bits per heavy atom. The summed E-state index contributed by atoms with van der Waals surface area (Å²) in [7, 11) is 2.86. The lowest BCUT2D eigenvalue weighted by Crippen LogP contribution is -2.08. The van der Waals surface area contributed by atoms with Crippen molar-refractivity contribution in [3.63, 3.8) is 0 Å². The second-order valence-electron chi connectivity index (χ2n) is 4.33. The summed E-state index contributed by atoms with van der Waals surface area (Å²) < 4.78 is 6.06. The molecule has 1 aromatic carbocycles. The zero-order valence-corrected chi connectivity index (χ0v) is 11.8. The largest absolute Gasteiger partial charge is 0.465 e. The van der Waals surface area contributed by atoms with Crippen molar-refractivity contribution in [1.82, 2.24) is 9.78 Å². The monoisotopic (exact) mass is 290 g/mol. The minimum atomic E-state index is -0.528. The number of methoxy groups -OCH3 is 1.